The van der Waals surface area contributed by atoms with Gasteiger partial charge in [0, 0.05) is 18.4 Å². The van der Waals surface area contributed by atoms with Crippen LogP contribution in [-0.4, -0.2) is 15.0 Å². The molecule has 0 saturated carbocycles. The van der Waals surface area contributed by atoms with E-state index in [0.29, 0.717) is 17.4 Å². The molecule has 2 aromatic rings. The zero-order valence-corrected chi connectivity index (χ0v) is 10.1. The predicted molar refractivity (Wildman–Crippen MR) is 67.8 cm³/mol. The van der Waals surface area contributed by atoms with Crippen molar-refractivity contribution in [3.05, 3.63) is 40.9 Å². The van der Waals surface area contributed by atoms with Gasteiger partial charge in [-0.2, -0.15) is 0 Å². The van der Waals surface area contributed by atoms with E-state index in [1.54, 1.807) is 6.20 Å². The molecule has 0 atom stereocenters. The maximum atomic E-state index is 5.96. The molecule has 5 nitrogen and oxygen atoms in total. The molecule has 0 unspecified atom stereocenters. The lowest BCUT2D eigenvalue weighted by atomic mass is 10.2. The summed E-state index contributed by atoms with van der Waals surface area (Å²) >= 11 is 5.96. The largest absolute Gasteiger partial charge is 0.382 e. The summed E-state index contributed by atoms with van der Waals surface area (Å²) in [4.78, 5) is 12.0. The minimum Gasteiger partial charge on any atom is -0.382 e. The zero-order valence-electron chi connectivity index (χ0n) is 9.31. The lowest BCUT2D eigenvalue weighted by molar-refractivity contribution is 1.06. The first-order chi connectivity index (χ1) is 8.16. The highest BCUT2D eigenvalue weighted by molar-refractivity contribution is 6.35. The van der Waals surface area contributed by atoms with E-state index in [0.717, 1.165) is 11.3 Å². The number of aromatic nitrogens is 3. The highest BCUT2D eigenvalue weighted by atomic mass is 35.5. The van der Waals surface area contributed by atoms with Crippen LogP contribution in [0.1, 0.15) is 11.3 Å². The van der Waals surface area contributed by atoms with Crippen molar-refractivity contribution in [3.8, 4) is 0 Å². The molecule has 0 aliphatic heterocycles. The molecule has 6 heteroatoms. The van der Waals surface area contributed by atoms with Crippen molar-refractivity contribution in [2.75, 3.05) is 11.1 Å². The maximum absolute atomic E-state index is 5.96. The van der Waals surface area contributed by atoms with E-state index in [-0.39, 0.29) is 5.82 Å². The fourth-order valence-electron chi connectivity index (χ4n) is 1.30. The number of nitrogens with two attached hydrogens (primary N) is 1. The summed E-state index contributed by atoms with van der Waals surface area (Å²) in [5.41, 5.74) is 7.60. The number of nitrogens with zero attached hydrogens (tertiary/aromatic N) is 3. The molecule has 0 bridgehead atoms. The molecule has 0 fully saturated rings. The first-order valence-corrected chi connectivity index (χ1v) is 5.46. The second-order valence-electron chi connectivity index (χ2n) is 3.58. The van der Waals surface area contributed by atoms with Crippen molar-refractivity contribution < 1.29 is 0 Å². The fraction of sp³-hybridized carbons (Fsp3) is 0.182. The van der Waals surface area contributed by atoms with Crippen molar-refractivity contribution in [3.63, 3.8) is 0 Å². The highest BCUT2D eigenvalue weighted by Crippen LogP contribution is 2.23. The SMILES string of the molecule is Cc1ccc(CNc2ncnc(N)c2Cl)cn1. The first kappa shape index (κ1) is 11.6. The van der Waals surface area contributed by atoms with Crippen LogP contribution in [0, 0.1) is 6.92 Å². The van der Waals surface area contributed by atoms with Gasteiger partial charge in [-0.1, -0.05) is 17.7 Å². The third-order valence-electron chi connectivity index (χ3n) is 2.25. The molecule has 3 N–H and O–H groups in total. The Morgan fingerprint density at radius 3 is 2.82 bits per heavy atom. The average Bonchev–Trinajstić information content (AvgIpc) is 2.33. The third-order valence-corrected chi connectivity index (χ3v) is 2.62. The van der Waals surface area contributed by atoms with E-state index in [2.05, 4.69) is 20.3 Å². The van der Waals surface area contributed by atoms with Gasteiger partial charge in [0.2, 0.25) is 0 Å². The van der Waals surface area contributed by atoms with Crippen molar-refractivity contribution in [2.24, 2.45) is 0 Å². The quantitative estimate of drug-likeness (QED) is 0.870. The average molecular weight is 250 g/mol. The molecule has 17 heavy (non-hydrogen) atoms. The Kier molecular flexibility index (Phi) is 3.39. The second kappa shape index (κ2) is 4.97. The number of aryl methyl sites for hydroxylation is 1. The molecular weight excluding hydrogens is 238 g/mol. The Hall–Kier alpha value is -1.88. The van der Waals surface area contributed by atoms with Gasteiger partial charge in [-0.05, 0) is 18.6 Å². The van der Waals surface area contributed by atoms with Gasteiger partial charge < -0.3 is 11.1 Å². The van der Waals surface area contributed by atoms with Crippen molar-refractivity contribution in [1.29, 1.82) is 0 Å². The van der Waals surface area contributed by atoms with E-state index >= 15 is 0 Å². The molecule has 2 aromatic heterocycles. The minimum atomic E-state index is 0.270. The molecule has 0 aromatic carbocycles. The molecule has 0 spiro atoms. The van der Waals surface area contributed by atoms with Gasteiger partial charge in [0.15, 0.2) is 5.82 Å². The Bertz CT molecular complexity index is 512. The molecule has 2 rings (SSSR count). The van der Waals surface area contributed by atoms with E-state index in [9.17, 15) is 0 Å². The van der Waals surface area contributed by atoms with Gasteiger partial charge in [0.25, 0.3) is 0 Å². The van der Waals surface area contributed by atoms with Gasteiger partial charge in [-0.15, -0.1) is 0 Å². The Morgan fingerprint density at radius 2 is 2.12 bits per heavy atom. The van der Waals surface area contributed by atoms with Crippen LogP contribution in [0.25, 0.3) is 0 Å². The van der Waals surface area contributed by atoms with Gasteiger partial charge in [0.05, 0.1) is 0 Å². The maximum Gasteiger partial charge on any atom is 0.150 e. The van der Waals surface area contributed by atoms with Crippen LogP contribution in [0.5, 0.6) is 0 Å². The first-order valence-electron chi connectivity index (χ1n) is 5.08. The summed E-state index contributed by atoms with van der Waals surface area (Å²) in [5.74, 6) is 0.797. The van der Waals surface area contributed by atoms with E-state index < -0.39 is 0 Å². The Balaban J connectivity index is 2.07. The standard InChI is InChI=1S/C11H12ClN5/c1-7-2-3-8(4-14-7)5-15-11-9(12)10(13)16-6-17-11/h2-4,6H,5H2,1H3,(H3,13,15,16,17). The topological polar surface area (TPSA) is 76.7 Å². The molecule has 0 radical (unpaired) electrons. The highest BCUT2D eigenvalue weighted by Gasteiger charge is 2.05. The summed E-state index contributed by atoms with van der Waals surface area (Å²) in [6.45, 7) is 2.53. The van der Waals surface area contributed by atoms with Gasteiger partial charge in [-0.25, -0.2) is 9.97 Å². The van der Waals surface area contributed by atoms with Crippen LogP contribution in [0.4, 0.5) is 11.6 Å². The van der Waals surface area contributed by atoms with Crippen LogP contribution in [-0.2, 0) is 6.54 Å². The summed E-state index contributed by atoms with van der Waals surface area (Å²) in [6, 6.07) is 3.95. The number of pyridine rings is 1. The van der Waals surface area contributed by atoms with Gasteiger partial charge in [0.1, 0.15) is 17.2 Å². The minimum absolute atomic E-state index is 0.270. The predicted octanol–water partition coefficient (Wildman–Crippen LogP) is 2.03. The third kappa shape index (κ3) is 2.82. The van der Waals surface area contributed by atoms with Crippen LogP contribution in [0.15, 0.2) is 24.7 Å². The summed E-state index contributed by atoms with van der Waals surface area (Å²) in [5, 5.41) is 3.43. The lowest BCUT2D eigenvalue weighted by Crippen LogP contribution is -2.04. The molecule has 0 aliphatic rings. The van der Waals surface area contributed by atoms with Crippen molar-refractivity contribution in [1.82, 2.24) is 15.0 Å². The fourth-order valence-corrected chi connectivity index (χ4v) is 1.46. The van der Waals surface area contributed by atoms with Crippen LogP contribution >= 0.6 is 11.6 Å². The number of halogens is 1. The van der Waals surface area contributed by atoms with Gasteiger partial charge >= 0.3 is 0 Å². The van der Waals surface area contributed by atoms with Crippen molar-refractivity contribution >= 4 is 23.2 Å². The smallest absolute Gasteiger partial charge is 0.150 e. The van der Waals surface area contributed by atoms with Crippen LogP contribution < -0.4 is 11.1 Å². The normalized spacial score (nSPS) is 10.2. The lowest BCUT2D eigenvalue weighted by Gasteiger charge is -2.07. The number of rotatable bonds is 3. The molecule has 0 saturated heterocycles. The molecule has 0 aliphatic carbocycles. The Labute approximate surface area is 104 Å². The molecule has 88 valence electrons. The van der Waals surface area contributed by atoms with E-state index in [4.69, 9.17) is 17.3 Å². The Morgan fingerprint density at radius 1 is 1.29 bits per heavy atom. The number of nitrogen functional groups attached to an aromatic ring is 1. The number of nitrogens with one attached hydrogen (secondary N) is 1. The molecule has 2 heterocycles. The van der Waals surface area contributed by atoms with Crippen molar-refractivity contribution in [2.45, 2.75) is 13.5 Å². The van der Waals surface area contributed by atoms with E-state index in [1.165, 1.54) is 6.33 Å². The van der Waals surface area contributed by atoms with Crippen LogP contribution in [0.3, 0.4) is 0 Å². The number of anilines is 2. The number of hydrogen-bond acceptors (Lipinski definition) is 5. The summed E-state index contributed by atoms with van der Waals surface area (Å²) in [7, 11) is 0. The zero-order chi connectivity index (χ0) is 12.3. The summed E-state index contributed by atoms with van der Waals surface area (Å²) in [6.07, 6.45) is 3.18. The molecular formula is C11H12ClN5. The van der Waals surface area contributed by atoms with E-state index in [1.807, 2.05) is 19.1 Å². The summed E-state index contributed by atoms with van der Waals surface area (Å²) < 4.78 is 0. The monoisotopic (exact) mass is 249 g/mol. The van der Waals surface area contributed by atoms with Gasteiger partial charge in [-0.3, -0.25) is 4.98 Å². The second-order valence-corrected chi connectivity index (χ2v) is 3.96. The molecule has 0 amide bonds. The number of hydrogen-bond donors (Lipinski definition) is 2. The van der Waals surface area contributed by atoms with Crippen LogP contribution in [0.2, 0.25) is 5.02 Å².